The van der Waals surface area contributed by atoms with Crippen LogP contribution in [0.3, 0.4) is 0 Å². The molecule has 0 aliphatic rings. The molecular weight excluding hydrogens is 346 g/mol. The van der Waals surface area contributed by atoms with Gasteiger partial charge in [0.15, 0.2) is 0 Å². The van der Waals surface area contributed by atoms with Crippen LogP contribution >= 0.6 is 31.9 Å². The number of hydrogen-bond donors (Lipinski definition) is 1. The fourth-order valence-corrected chi connectivity index (χ4v) is 2.27. The molecule has 0 bridgehead atoms. The van der Waals surface area contributed by atoms with Crippen LogP contribution < -0.4 is 5.32 Å². The minimum atomic E-state index is 0.730. The Morgan fingerprint density at radius 3 is 2.47 bits per heavy atom. The van der Waals surface area contributed by atoms with Crippen LogP contribution in [0.4, 0.5) is 11.5 Å². The van der Waals surface area contributed by atoms with Crippen molar-refractivity contribution in [3.05, 3.63) is 44.7 Å². The predicted octanol–water partition coefficient (Wildman–Crippen LogP) is 4.36. The van der Waals surface area contributed by atoms with E-state index in [2.05, 4.69) is 60.1 Å². The Balaban J connectivity index is 2.28. The van der Waals surface area contributed by atoms with Crippen LogP contribution in [0.2, 0.25) is 0 Å². The number of halogens is 2. The molecule has 0 unspecified atom stereocenters. The molecule has 0 fully saturated rings. The van der Waals surface area contributed by atoms with Gasteiger partial charge in [-0.1, -0.05) is 22.0 Å². The van der Waals surface area contributed by atoms with Gasteiger partial charge >= 0.3 is 0 Å². The van der Waals surface area contributed by atoms with Crippen molar-refractivity contribution in [1.82, 2.24) is 9.97 Å². The average molecular weight is 357 g/mol. The first-order chi connectivity index (χ1) is 8.04. The van der Waals surface area contributed by atoms with Gasteiger partial charge in [-0.05, 0) is 47.5 Å². The van der Waals surface area contributed by atoms with Gasteiger partial charge in [0.1, 0.15) is 16.2 Å². The lowest BCUT2D eigenvalue weighted by Gasteiger charge is -2.08. The van der Waals surface area contributed by atoms with Crippen molar-refractivity contribution in [1.29, 1.82) is 0 Å². The van der Waals surface area contributed by atoms with Crippen molar-refractivity contribution in [3.8, 4) is 0 Å². The Morgan fingerprint density at radius 1 is 1.06 bits per heavy atom. The van der Waals surface area contributed by atoms with Crippen molar-refractivity contribution in [2.75, 3.05) is 5.32 Å². The molecule has 1 aromatic heterocycles. The van der Waals surface area contributed by atoms with Crippen LogP contribution in [0.5, 0.6) is 0 Å². The first-order valence-corrected chi connectivity index (χ1v) is 6.67. The Morgan fingerprint density at radius 2 is 1.82 bits per heavy atom. The van der Waals surface area contributed by atoms with E-state index in [-0.39, 0.29) is 0 Å². The summed E-state index contributed by atoms with van der Waals surface area (Å²) in [7, 11) is 0. The summed E-state index contributed by atoms with van der Waals surface area (Å²) in [4.78, 5) is 8.48. The topological polar surface area (TPSA) is 37.8 Å². The number of aromatic nitrogens is 2. The summed E-state index contributed by atoms with van der Waals surface area (Å²) in [6.45, 7) is 3.92. The summed E-state index contributed by atoms with van der Waals surface area (Å²) in [6, 6.07) is 7.95. The van der Waals surface area contributed by atoms with E-state index >= 15 is 0 Å². The first-order valence-electron chi connectivity index (χ1n) is 5.09. The maximum atomic E-state index is 4.31. The number of anilines is 2. The highest BCUT2D eigenvalue weighted by atomic mass is 79.9. The highest BCUT2D eigenvalue weighted by Crippen LogP contribution is 2.23. The Bertz CT molecular complexity index is 535. The van der Waals surface area contributed by atoms with Crippen LogP contribution in [-0.2, 0) is 0 Å². The maximum absolute atomic E-state index is 4.31. The smallest absolute Gasteiger partial charge is 0.135 e. The molecule has 2 aromatic rings. The molecule has 0 aliphatic heterocycles. The summed E-state index contributed by atoms with van der Waals surface area (Å²) < 4.78 is 1.85. The molecule has 2 rings (SSSR count). The second-order valence-electron chi connectivity index (χ2n) is 3.71. The molecule has 0 saturated carbocycles. The van der Waals surface area contributed by atoms with E-state index in [1.54, 1.807) is 0 Å². The van der Waals surface area contributed by atoms with E-state index in [9.17, 15) is 0 Å². The molecule has 0 radical (unpaired) electrons. The maximum Gasteiger partial charge on any atom is 0.135 e. The predicted molar refractivity (Wildman–Crippen MR) is 76.6 cm³/mol. The number of hydrogen-bond acceptors (Lipinski definition) is 3. The SMILES string of the molecule is Cc1nc(Br)cc(Nc2ccc(C)c(Br)c2)n1. The monoisotopic (exact) mass is 355 g/mol. The molecule has 0 spiro atoms. The molecule has 5 heteroatoms. The van der Waals surface area contributed by atoms with Crippen LogP contribution in [0, 0.1) is 13.8 Å². The van der Waals surface area contributed by atoms with E-state index in [0.717, 1.165) is 26.4 Å². The van der Waals surface area contributed by atoms with E-state index < -0.39 is 0 Å². The molecule has 1 aromatic carbocycles. The van der Waals surface area contributed by atoms with Crippen molar-refractivity contribution in [2.45, 2.75) is 13.8 Å². The van der Waals surface area contributed by atoms with Gasteiger partial charge in [0.25, 0.3) is 0 Å². The normalized spacial score (nSPS) is 10.4. The van der Waals surface area contributed by atoms with Crippen LogP contribution in [0.25, 0.3) is 0 Å². The van der Waals surface area contributed by atoms with Crippen molar-refractivity contribution in [2.24, 2.45) is 0 Å². The standard InChI is InChI=1S/C12H11Br2N3/c1-7-3-4-9(5-10(7)13)17-12-6-11(14)15-8(2)16-12/h3-6H,1-2H3,(H,15,16,17). The third-order valence-corrected chi connectivity index (χ3v) is 3.51. The average Bonchev–Trinajstić information content (AvgIpc) is 2.22. The minimum Gasteiger partial charge on any atom is -0.340 e. The zero-order chi connectivity index (χ0) is 12.4. The third kappa shape index (κ3) is 3.26. The number of nitrogens with zero attached hydrogens (tertiary/aromatic N) is 2. The molecule has 88 valence electrons. The van der Waals surface area contributed by atoms with Crippen molar-refractivity contribution < 1.29 is 0 Å². The second-order valence-corrected chi connectivity index (χ2v) is 5.38. The van der Waals surface area contributed by atoms with E-state index in [1.807, 2.05) is 25.1 Å². The van der Waals surface area contributed by atoms with Crippen molar-refractivity contribution in [3.63, 3.8) is 0 Å². The quantitative estimate of drug-likeness (QED) is 0.812. The highest BCUT2D eigenvalue weighted by molar-refractivity contribution is 9.10. The van der Waals surface area contributed by atoms with E-state index in [0.29, 0.717) is 0 Å². The summed E-state index contributed by atoms with van der Waals surface area (Å²) >= 11 is 6.86. The Labute approximate surface area is 117 Å². The van der Waals surface area contributed by atoms with Gasteiger partial charge in [-0.15, -0.1) is 0 Å². The largest absolute Gasteiger partial charge is 0.340 e. The second kappa shape index (κ2) is 5.14. The van der Waals surface area contributed by atoms with E-state index in [4.69, 9.17) is 0 Å². The van der Waals surface area contributed by atoms with Crippen LogP contribution in [-0.4, -0.2) is 9.97 Å². The van der Waals surface area contributed by atoms with Gasteiger partial charge in [-0.25, -0.2) is 9.97 Å². The summed E-state index contributed by atoms with van der Waals surface area (Å²) in [6.07, 6.45) is 0. The van der Waals surface area contributed by atoms with Gasteiger partial charge in [0, 0.05) is 16.2 Å². The zero-order valence-electron chi connectivity index (χ0n) is 9.46. The van der Waals surface area contributed by atoms with Crippen LogP contribution in [0.15, 0.2) is 33.3 Å². The number of nitrogens with one attached hydrogen (secondary N) is 1. The van der Waals surface area contributed by atoms with Gasteiger partial charge in [0.2, 0.25) is 0 Å². The zero-order valence-corrected chi connectivity index (χ0v) is 12.6. The van der Waals surface area contributed by atoms with Gasteiger partial charge < -0.3 is 5.32 Å². The summed E-state index contributed by atoms with van der Waals surface area (Å²) in [5.41, 5.74) is 2.20. The summed E-state index contributed by atoms with van der Waals surface area (Å²) in [5.74, 6) is 1.51. The van der Waals surface area contributed by atoms with Gasteiger partial charge in [-0.3, -0.25) is 0 Å². The van der Waals surface area contributed by atoms with Gasteiger partial charge in [-0.2, -0.15) is 0 Å². The molecule has 1 heterocycles. The number of rotatable bonds is 2. The summed E-state index contributed by atoms with van der Waals surface area (Å²) in [5, 5.41) is 3.24. The highest BCUT2D eigenvalue weighted by Gasteiger charge is 2.02. The molecule has 0 amide bonds. The van der Waals surface area contributed by atoms with Crippen molar-refractivity contribution >= 4 is 43.4 Å². The minimum absolute atomic E-state index is 0.730. The first kappa shape index (κ1) is 12.5. The molecule has 17 heavy (non-hydrogen) atoms. The van der Waals surface area contributed by atoms with Crippen LogP contribution in [0.1, 0.15) is 11.4 Å². The van der Waals surface area contributed by atoms with E-state index in [1.165, 1.54) is 5.56 Å². The fraction of sp³-hybridized carbons (Fsp3) is 0.167. The lowest BCUT2D eigenvalue weighted by Crippen LogP contribution is -1.97. The lowest BCUT2D eigenvalue weighted by atomic mass is 10.2. The molecule has 1 N–H and O–H groups in total. The molecular formula is C12H11Br2N3. The lowest BCUT2D eigenvalue weighted by molar-refractivity contribution is 1.04. The fourth-order valence-electron chi connectivity index (χ4n) is 1.41. The molecule has 0 aliphatic carbocycles. The third-order valence-electron chi connectivity index (χ3n) is 2.25. The molecule has 0 atom stereocenters. The number of aryl methyl sites for hydroxylation is 2. The number of benzene rings is 1. The Hall–Kier alpha value is -0.940. The Kier molecular flexibility index (Phi) is 3.79. The van der Waals surface area contributed by atoms with Gasteiger partial charge in [0.05, 0.1) is 0 Å². The molecule has 3 nitrogen and oxygen atoms in total. The molecule has 0 saturated heterocycles.